The quantitative estimate of drug-likeness (QED) is 0.485. The number of benzene rings is 2. The molecule has 31 heavy (non-hydrogen) atoms. The van der Waals surface area contributed by atoms with Crippen LogP contribution in [0, 0.1) is 12.3 Å². The van der Waals surface area contributed by atoms with E-state index < -0.39 is 23.9 Å². The van der Waals surface area contributed by atoms with E-state index in [1.807, 2.05) is 18.2 Å². The van der Waals surface area contributed by atoms with E-state index in [0.717, 1.165) is 11.1 Å². The Labute approximate surface area is 182 Å². The Kier molecular flexibility index (Phi) is 5.72. The zero-order valence-corrected chi connectivity index (χ0v) is 17.1. The zero-order chi connectivity index (χ0) is 22.0. The Bertz CT molecular complexity index is 1140. The van der Waals surface area contributed by atoms with Crippen LogP contribution in [0.2, 0.25) is 0 Å². The van der Waals surface area contributed by atoms with Crippen LogP contribution < -0.4 is 10.6 Å². The number of thiazole rings is 1. The summed E-state index contributed by atoms with van der Waals surface area (Å²) in [5, 5.41) is 17.1. The fraction of sp³-hybridized carbons (Fsp3) is 0.217. The zero-order valence-electron chi connectivity index (χ0n) is 16.3. The van der Waals surface area contributed by atoms with Crippen LogP contribution in [-0.2, 0) is 0 Å². The number of aliphatic hydroxyl groups is 1. The van der Waals surface area contributed by atoms with Crippen LogP contribution in [-0.4, -0.2) is 28.7 Å². The Hall–Kier alpha value is -3.28. The lowest BCUT2D eigenvalue weighted by atomic mass is 9.98. The van der Waals surface area contributed by atoms with Crippen molar-refractivity contribution in [2.75, 3.05) is 11.9 Å². The molecule has 0 aliphatic heterocycles. The molecule has 2 aromatic carbocycles. The van der Waals surface area contributed by atoms with Crippen molar-refractivity contribution in [3.8, 4) is 23.5 Å². The van der Waals surface area contributed by atoms with Gasteiger partial charge in [-0.05, 0) is 28.2 Å². The number of carbonyl (C=O) groups is 1. The summed E-state index contributed by atoms with van der Waals surface area (Å²) < 4.78 is 26.8. The van der Waals surface area contributed by atoms with Crippen LogP contribution in [0.5, 0.6) is 0 Å². The molecule has 2 amide bonds. The number of alkyl halides is 2. The number of terminal acetylenes is 1. The van der Waals surface area contributed by atoms with Crippen molar-refractivity contribution in [3.05, 3.63) is 70.0 Å². The molecule has 1 saturated carbocycles. The molecule has 1 aromatic heterocycles. The number of amides is 2. The minimum atomic E-state index is -2.61. The summed E-state index contributed by atoms with van der Waals surface area (Å²) in [6.07, 6.45) is 5.16. The summed E-state index contributed by atoms with van der Waals surface area (Å²) in [7, 11) is 0. The van der Waals surface area contributed by atoms with Crippen molar-refractivity contribution in [1.29, 1.82) is 0 Å². The standard InChI is InChI=1S/C23H19F2N3O2S/c1-2-21-27-20(13-31-21)28-22(30)26-19(12-29)15-8-6-14(7-9-15)16-4-3-5-17(10-16)18-11-23(18,24)25/h1,3-10,13,18-19,29H,11-12H2,(H2,26,28,30)/t18?,19-/m0/s1. The first-order valence-electron chi connectivity index (χ1n) is 9.58. The predicted octanol–water partition coefficient (Wildman–Crippen LogP) is 4.77. The molecule has 1 heterocycles. The van der Waals surface area contributed by atoms with Crippen molar-refractivity contribution in [1.82, 2.24) is 10.3 Å². The number of nitrogens with zero attached hydrogens (tertiary/aromatic N) is 1. The summed E-state index contributed by atoms with van der Waals surface area (Å²) in [5.74, 6) is -0.584. The van der Waals surface area contributed by atoms with Crippen LogP contribution in [0.15, 0.2) is 53.9 Å². The van der Waals surface area contributed by atoms with E-state index in [4.69, 9.17) is 6.42 Å². The highest BCUT2D eigenvalue weighted by Gasteiger charge is 2.57. The fourth-order valence-corrected chi connectivity index (χ4v) is 3.91. The van der Waals surface area contributed by atoms with Gasteiger partial charge in [0.05, 0.1) is 18.6 Å². The van der Waals surface area contributed by atoms with Gasteiger partial charge in [0.1, 0.15) is 5.82 Å². The first-order chi connectivity index (χ1) is 14.9. The molecule has 2 atom stereocenters. The Morgan fingerprint density at radius 3 is 2.65 bits per heavy atom. The van der Waals surface area contributed by atoms with Gasteiger partial charge in [0.25, 0.3) is 5.92 Å². The number of rotatable bonds is 6. The van der Waals surface area contributed by atoms with Gasteiger partial charge in [-0.15, -0.1) is 17.8 Å². The number of hydrogen-bond acceptors (Lipinski definition) is 4. The lowest BCUT2D eigenvalue weighted by Crippen LogP contribution is -2.34. The monoisotopic (exact) mass is 439 g/mol. The largest absolute Gasteiger partial charge is 0.394 e. The fourth-order valence-electron chi connectivity index (χ4n) is 3.36. The van der Waals surface area contributed by atoms with Gasteiger partial charge in [-0.1, -0.05) is 48.5 Å². The van der Waals surface area contributed by atoms with Gasteiger partial charge >= 0.3 is 6.03 Å². The minimum Gasteiger partial charge on any atom is -0.394 e. The highest BCUT2D eigenvalue weighted by atomic mass is 32.1. The third-order valence-electron chi connectivity index (χ3n) is 5.12. The number of carbonyl (C=O) groups excluding carboxylic acids is 1. The molecular weight excluding hydrogens is 420 g/mol. The molecule has 158 valence electrons. The molecule has 5 nitrogen and oxygen atoms in total. The van der Waals surface area contributed by atoms with Gasteiger partial charge < -0.3 is 10.4 Å². The predicted molar refractivity (Wildman–Crippen MR) is 116 cm³/mol. The molecule has 1 fully saturated rings. The number of hydrogen-bond donors (Lipinski definition) is 3. The van der Waals surface area contributed by atoms with Crippen molar-refractivity contribution < 1.29 is 18.7 Å². The molecule has 1 unspecified atom stereocenters. The van der Waals surface area contributed by atoms with E-state index in [1.54, 1.807) is 35.7 Å². The Morgan fingerprint density at radius 1 is 1.29 bits per heavy atom. The molecule has 0 radical (unpaired) electrons. The lowest BCUT2D eigenvalue weighted by molar-refractivity contribution is 0.112. The Balaban J connectivity index is 1.43. The second-order valence-electron chi connectivity index (χ2n) is 7.28. The van der Waals surface area contributed by atoms with Crippen molar-refractivity contribution in [2.45, 2.75) is 24.3 Å². The van der Waals surface area contributed by atoms with E-state index in [-0.39, 0.29) is 13.0 Å². The summed E-state index contributed by atoms with van der Waals surface area (Å²) in [6, 6.07) is 13.2. The van der Waals surface area contributed by atoms with E-state index in [1.165, 1.54) is 11.3 Å². The summed E-state index contributed by atoms with van der Waals surface area (Å²) in [6.45, 7) is -0.300. The first-order valence-corrected chi connectivity index (χ1v) is 10.5. The molecule has 8 heteroatoms. The van der Waals surface area contributed by atoms with Crippen molar-refractivity contribution >= 4 is 23.2 Å². The average molecular weight is 439 g/mol. The third-order valence-corrected chi connectivity index (χ3v) is 5.89. The minimum absolute atomic E-state index is 0.105. The summed E-state index contributed by atoms with van der Waals surface area (Å²) in [5.41, 5.74) is 3.04. The summed E-state index contributed by atoms with van der Waals surface area (Å²) in [4.78, 5) is 16.3. The molecule has 1 aliphatic rings. The van der Waals surface area contributed by atoms with Gasteiger partial charge in [0.2, 0.25) is 0 Å². The highest BCUT2D eigenvalue weighted by molar-refractivity contribution is 7.10. The number of anilines is 1. The maximum Gasteiger partial charge on any atom is 0.320 e. The molecule has 0 bridgehead atoms. The van der Waals surface area contributed by atoms with E-state index in [2.05, 4.69) is 21.5 Å². The maximum atomic E-state index is 13.4. The van der Waals surface area contributed by atoms with Crippen LogP contribution in [0.3, 0.4) is 0 Å². The lowest BCUT2D eigenvalue weighted by Gasteiger charge is -2.17. The highest BCUT2D eigenvalue weighted by Crippen LogP contribution is 2.55. The molecule has 1 aliphatic carbocycles. The average Bonchev–Trinajstić information content (AvgIpc) is 3.18. The number of nitrogens with one attached hydrogen (secondary N) is 2. The van der Waals surface area contributed by atoms with Crippen LogP contribution in [0.1, 0.15) is 34.5 Å². The van der Waals surface area contributed by atoms with Gasteiger partial charge in [-0.25, -0.2) is 18.6 Å². The number of aromatic nitrogens is 1. The van der Waals surface area contributed by atoms with Crippen molar-refractivity contribution in [2.24, 2.45) is 0 Å². The van der Waals surface area contributed by atoms with Gasteiger partial charge in [0.15, 0.2) is 5.01 Å². The normalized spacial score (nSPS) is 17.4. The molecule has 3 N–H and O–H groups in total. The second kappa shape index (κ2) is 8.46. The number of halogens is 2. The summed E-state index contributed by atoms with van der Waals surface area (Å²) >= 11 is 1.24. The molecule has 4 rings (SSSR count). The Morgan fingerprint density at radius 2 is 2.03 bits per heavy atom. The van der Waals surface area contributed by atoms with Gasteiger partial charge in [0, 0.05) is 11.8 Å². The van der Waals surface area contributed by atoms with Crippen LogP contribution in [0.25, 0.3) is 11.1 Å². The SMILES string of the molecule is C#Cc1nc(NC(=O)N[C@@H](CO)c2ccc(-c3cccc(C4CC4(F)F)c3)cc2)cs1. The topological polar surface area (TPSA) is 74.2 Å². The molecule has 3 aromatic rings. The maximum absolute atomic E-state index is 13.4. The van der Waals surface area contributed by atoms with E-state index >= 15 is 0 Å². The molecule has 0 spiro atoms. The second-order valence-corrected chi connectivity index (χ2v) is 8.14. The smallest absolute Gasteiger partial charge is 0.320 e. The van der Waals surface area contributed by atoms with Gasteiger partial charge in [-0.2, -0.15) is 0 Å². The van der Waals surface area contributed by atoms with Crippen LogP contribution >= 0.6 is 11.3 Å². The first kappa shape index (κ1) is 21.0. The molecular formula is C23H19F2N3O2S. The van der Waals surface area contributed by atoms with E-state index in [9.17, 15) is 18.7 Å². The van der Waals surface area contributed by atoms with Crippen LogP contribution in [0.4, 0.5) is 19.4 Å². The van der Waals surface area contributed by atoms with Crippen molar-refractivity contribution in [3.63, 3.8) is 0 Å². The van der Waals surface area contributed by atoms with E-state index in [0.29, 0.717) is 22.0 Å². The number of urea groups is 1. The third kappa shape index (κ3) is 4.74. The van der Waals surface area contributed by atoms with Gasteiger partial charge in [-0.3, -0.25) is 5.32 Å². The number of aliphatic hydroxyl groups excluding tert-OH is 1. The molecule has 0 saturated heterocycles.